The molecule has 0 radical (unpaired) electrons. The number of pyridine rings is 2. The van der Waals surface area contributed by atoms with Crippen molar-refractivity contribution in [3.63, 3.8) is 0 Å². The number of halogens is 1. The highest BCUT2D eigenvalue weighted by molar-refractivity contribution is 5.97. The number of hydrogen-bond acceptors (Lipinski definition) is 20. The van der Waals surface area contributed by atoms with Crippen molar-refractivity contribution in [1.82, 2.24) is 24.7 Å². The highest BCUT2D eigenvalue weighted by Gasteiger charge is 2.59. The van der Waals surface area contributed by atoms with Crippen LogP contribution in [-0.2, 0) is 47.6 Å². The van der Waals surface area contributed by atoms with Crippen molar-refractivity contribution in [2.45, 2.75) is 160 Å². The van der Waals surface area contributed by atoms with Crippen LogP contribution >= 0.6 is 0 Å². The van der Waals surface area contributed by atoms with Crippen LogP contribution in [0.5, 0.6) is 0 Å². The number of nitrogens with two attached hydrogens (primary N) is 1. The SMILES string of the molecule is CC[C@H]1OC(=O)[C@H](C)[C@@H](OC(=O)CCN2CCN(c3cc4c(cc3F)c(=O)c(C(N)=O)cn4C3CC3)CC2)[C@H](C)[C@@H](O[C@@H]2O[C@H](C)C[C@H](N(C)C)[C@H]2O)[C@](C)(OC)C[C@@H](C)/C(=N\OCC#Cc2cncc(C(=O)NC)c2)[C@H](C)[C@H]2OC(=O)O[C@@]21C. The van der Waals surface area contributed by atoms with Gasteiger partial charge in [0.2, 0.25) is 5.43 Å². The number of benzene rings is 1. The quantitative estimate of drug-likeness (QED) is 0.0596. The zero-order valence-corrected chi connectivity index (χ0v) is 50.8. The van der Waals surface area contributed by atoms with E-state index in [1.807, 2.05) is 56.2 Å². The van der Waals surface area contributed by atoms with Gasteiger partial charge in [-0.25, -0.2) is 9.18 Å². The average molecular weight is 1190 g/mol. The van der Waals surface area contributed by atoms with Crippen LogP contribution in [0.3, 0.4) is 0 Å². The highest BCUT2D eigenvalue weighted by Crippen LogP contribution is 2.44. The molecule has 2 aromatic heterocycles. The number of methoxy groups -OCH3 is 1. The molecule has 0 bridgehead atoms. The number of aromatic nitrogens is 2. The van der Waals surface area contributed by atoms with Crippen LogP contribution in [0.4, 0.5) is 14.9 Å². The van der Waals surface area contributed by atoms with E-state index in [1.165, 1.54) is 38.8 Å². The normalized spacial score (nSPS) is 31.8. The molecule has 0 unspecified atom stereocenters. The molecular formula is C61H83FN8O15. The van der Waals surface area contributed by atoms with Crippen molar-refractivity contribution in [1.29, 1.82) is 0 Å². The summed E-state index contributed by atoms with van der Waals surface area (Å²) in [7, 11) is 6.75. The number of likely N-dealkylation sites (N-methyl/N-ethyl adjacent to an activating group) is 1. The summed E-state index contributed by atoms with van der Waals surface area (Å²) in [5.41, 5.74) is 3.84. The summed E-state index contributed by atoms with van der Waals surface area (Å²) in [4.78, 5) is 96.3. The van der Waals surface area contributed by atoms with E-state index < -0.39 is 107 Å². The number of oxime groups is 1. The summed E-state index contributed by atoms with van der Waals surface area (Å²) >= 11 is 0. The van der Waals surface area contributed by atoms with E-state index in [0.29, 0.717) is 60.6 Å². The molecule has 1 saturated carbocycles. The number of nitrogens with one attached hydrogen (secondary N) is 1. The lowest BCUT2D eigenvalue weighted by Crippen LogP contribution is -2.60. The van der Waals surface area contributed by atoms with E-state index in [4.69, 9.17) is 43.7 Å². The van der Waals surface area contributed by atoms with Crippen molar-refractivity contribution in [3.8, 4) is 11.8 Å². The number of rotatable bonds is 15. The molecule has 3 aromatic rings. The summed E-state index contributed by atoms with van der Waals surface area (Å²) in [6, 6.07) is 4.12. The maximum atomic E-state index is 16.0. The van der Waals surface area contributed by atoms with Crippen LogP contribution < -0.4 is 21.4 Å². The number of esters is 2. The largest absolute Gasteiger partial charge is 0.509 e. The van der Waals surface area contributed by atoms with Crippen LogP contribution in [0.25, 0.3) is 10.9 Å². The Bertz CT molecular complexity index is 3120. The number of cyclic esters (lactones) is 1. The Morgan fingerprint density at radius 3 is 2.38 bits per heavy atom. The third-order valence-corrected chi connectivity index (χ3v) is 17.7. The topological polar surface area (TPSA) is 274 Å². The number of primary amides is 1. The molecule has 85 heavy (non-hydrogen) atoms. The molecule has 6 heterocycles. The smallest absolute Gasteiger partial charge is 0.461 e. The first-order chi connectivity index (χ1) is 40.3. The Labute approximate surface area is 495 Å². The van der Waals surface area contributed by atoms with Crippen molar-refractivity contribution in [3.05, 3.63) is 69.5 Å². The van der Waals surface area contributed by atoms with Gasteiger partial charge in [0.1, 0.15) is 29.7 Å². The molecule has 0 spiro atoms. The molecule has 1 aromatic carbocycles. The van der Waals surface area contributed by atoms with E-state index >= 15 is 4.39 Å². The van der Waals surface area contributed by atoms with E-state index in [9.17, 15) is 33.9 Å². The van der Waals surface area contributed by atoms with Gasteiger partial charge in [0, 0.05) is 106 Å². The van der Waals surface area contributed by atoms with Crippen LogP contribution in [0.1, 0.15) is 126 Å². The number of nitrogens with zero attached hydrogens (tertiary/aromatic N) is 6. The predicted octanol–water partition coefficient (Wildman–Crippen LogP) is 4.96. The number of piperazine rings is 1. The summed E-state index contributed by atoms with van der Waals surface area (Å²) in [6.07, 6.45) is -1.39. The number of aliphatic hydroxyl groups is 1. The molecular weight excluding hydrogens is 1100 g/mol. The molecule has 4 N–H and O–H groups in total. The van der Waals surface area contributed by atoms with Gasteiger partial charge in [-0.1, -0.05) is 44.7 Å². The molecule has 5 fully saturated rings. The van der Waals surface area contributed by atoms with Gasteiger partial charge in [0.15, 0.2) is 24.6 Å². The Hall–Kier alpha value is -6.75. The lowest BCUT2D eigenvalue weighted by molar-refractivity contribution is -0.301. The Morgan fingerprint density at radius 2 is 1.73 bits per heavy atom. The molecule has 4 aliphatic heterocycles. The molecule has 5 aliphatic rings. The van der Waals surface area contributed by atoms with Gasteiger partial charge in [0.25, 0.3) is 11.8 Å². The minimum absolute atomic E-state index is 0.0647. The fourth-order valence-electron chi connectivity index (χ4n) is 12.7. The first kappa shape index (κ1) is 64.3. The second-order valence-electron chi connectivity index (χ2n) is 24.0. The maximum Gasteiger partial charge on any atom is 0.509 e. The number of amides is 2. The number of ether oxygens (including phenoxy) is 7. The number of carbonyl (C=O) groups excluding carboxylic acids is 5. The Kier molecular flexibility index (Phi) is 20.3. The number of fused-ring (bicyclic) bond motifs is 2. The van der Waals surface area contributed by atoms with Crippen LogP contribution in [0, 0.1) is 41.3 Å². The van der Waals surface area contributed by atoms with E-state index in [0.717, 1.165) is 12.8 Å². The second-order valence-corrected chi connectivity index (χ2v) is 24.0. The first-order valence-electron chi connectivity index (χ1n) is 29.3. The zero-order chi connectivity index (χ0) is 61.8. The first-order valence-corrected chi connectivity index (χ1v) is 29.3. The molecule has 4 saturated heterocycles. The highest BCUT2D eigenvalue weighted by atomic mass is 19.1. The van der Waals surface area contributed by atoms with Gasteiger partial charge in [0.05, 0.1) is 52.6 Å². The predicted molar refractivity (Wildman–Crippen MR) is 310 cm³/mol. The summed E-state index contributed by atoms with van der Waals surface area (Å²) in [6.45, 7) is 15.9. The van der Waals surface area contributed by atoms with Gasteiger partial charge in [-0.2, -0.15) is 0 Å². The summed E-state index contributed by atoms with van der Waals surface area (Å²) < 4.78 is 62.5. The minimum atomic E-state index is -1.56. The van der Waals surface area contributed by atoms with Crippen molar-refractivity contribution < 1.29 is 71.5 Å². The number of anilines is 1. The summed E-state index contributed by atoms with van der Waals surface area (Å²) in [5, 5.41) is 19.3. The fourth-order valence-corrected chi connectivity index (χ4v) is 12.7. The van der Waals surface area contributed by atoms with E-state index in [-0.39, 0.29) is 67.5 Å². The number of carbonyl (C=O) groups is 5. The van der Waals surface area contributed by atoms with Crippen molar-refractivity contribution in [2.24, 2.45) is 34.6 Å². The van der Waals surface area contributed by atoms with Crippen molar-refractivity contribution >= 4 is 52.2 Å². The van der Waals surface area contributed by atoms with Gasteiger partial charge >= 0.3 is 18.1 Å². The van der Waals surface area contributed by atoms with Gasteiger partial charge in [-0.3, -0.25) is 33.9 Å². The Morgan fingerprint density at radius 1 is 1.01 bits per heavy atom. The van der Waals surface area contributed by atoms with Crippen molar-refractivity contribution in [2.75, 3.05) is 72.5 Å². The molecule has 24 heteroatoms. The van der Waals surface area contributed by atoms with Crippen LogP contribution in [0.15, 0.2) is 46.7 Å². The lowest BCUT2D eigenvalue weighted by Gasteiger charge is -2.48. The molecule has 23 nitrogen and oxygen atoms in total. The Balaban J connectivity index is 1.08. The molecule has 2 amide bonds. The zero-order valence-electron chi connectivity index (χ0n) is 50.8. The van der Waals surface area contributed by atoms with E-state index in [2.05, 4.69) is 32.2 Å². The van der Waals surface area contributed by atoms with Crippen LogP contribution in [0.2, 0.25) is 0 Å². The molecule has 464 valence electrons. The standard InChI is InChI=1S/C61H83FN8O15/c1-13-47-61(8)54(84-59(77)85-61)35(4)49(66-79-24-14-15-38-26-39(31-65-30-38)56(75)64-9)33(2)29-60(7,78-12)53(83-58-51(73)46(67(10)11)25-34(3)80-58)36(5)52(37(6)57(76)81-47)82-48(71)18-19-68-20-22-69(23-21-68)45-28-44-41(27-43(45)62)50(72)42(55(63)74)32-70(44)40-16-17-40/h26-28,30-37,40,46-47,51-54,58,73H,13,16-25,29H2,1-12H3,(H2,63,74)(H,64,75)/b66-49+/t33-,34-,35+,36+,37-,46+,47-,51-,52+,53-,54-,58+,60-,61-/m1/s1. The van der Waals surface area contributed by atoms with Gasteiger partial charge in [-0.05, 0) is 92.1 Å². The van der Waals surface area contributed by atoms with Crippen LogP contribution in [-0.4, -0.2) is 188 Å². The monoisotopic (exact) mass is 1190 g/mol. The summed E-state index contributed by atoms with van der Waals surface area (Å²) in [5.74, 6) is -0.709. The minimum Gasteiger partial charge on any atom is -0.461 e. The lowest BCUT2D eigenvalue weighted by atomic mass is 9.73. The second kappa shape index (κ2) is 26.9. The third-order valence-electron chi connectivity index (χ3n) is 17.7. The fraction of sp³-hybridized carbons (Fsp3) is 0.639. The molecule has 14 atom stereocenters. The molecule has 8 rings (SSSR count). The number of hydrogen-bond donors (Lipinski definition) is 3. The maximum absolute atomic E-state index is 16.0. The number of aliphatic hydroxyl groups excluding tert-OH is 1. The van der Waals surface area contributed by atoms with Gasteiger partial charge in [-0.15, -0.1) is 0 Å². The average Bonchev–Trinajstić information content (AvgIpc) is 2.00. The molecule has 1 aliphatic carbocycles. The van der Waals surface area contributed by atoms with E-state index in [1.54, 1.807) is 39.8 Å². The third kappa shape index (κ3) is 14.1. The van der Waals surface area contributed by atoms with Gasteiger partial charge < -0.3 is 68.5 Å².